The van der Waals surface area contributed by atoms with Crippen LogP contribution in [0, 0.1) is 18.8 Å². The summed E-state index contributed by atoms with van der Waals surface area (Å²) in [6.45, 7) is 2.63. The van der Waals surface area contributed by atoms with Crippen LogP contribution >= 0.6 is 0 Å². The number of benzene rings is 1. The molecule has 1 amide bonds. The molecule has 0 bridgehead atoms. The van der Waals surface area contributed by atoms with E-state index in [1.54, 1.807) is 4.90 Å². The summed E-state index contributed by atoms with van der Waals surface area (Å²) in [6.07, 6.45) is 5.19. The number of fused-ring (bicyclic) bond motifs is 2. The van der Waals surface area contributed by atoms with Crippen LogP contribution in [0.25, 0.3) is 10.9 Å². The molecular weight excluding hydrogens is 304 g/mol. The zero-order chi connectivity index (χ0) is 16.8. The lowest BCUT2D eigenvalue weighted by atomic mass is 9.94. The number of aryl methyl sites for hydroxylation is 1. The van der Waals surface area contributed by atoms with Crippen LogP contribution in [-0.2, 0) is 16.0 Å². The summed E-state index contributed by atoms with van der Waals surface area (Å²) in [4.78, 5) is 29.4. The van der Waals surface area contributed by atoms with E-state index in [0.29, 0.717) is 12.5 Å². The maximum absolute atomic E-state index is 12.8. The van der Waals surface area contributed by atoms with Gasteiger partial charge in [-0.2, -0.15) is 0 Å². The van der Waals surface area contributed by atoms with E-state index in [9.17, 15) is 14.7 Å². The Morgan fingerprint density at radius 1 is 1.33 bits per heavy atom. The average Bonchev–Trinajstić information content (AvgIpc) is 3.21. The van der Waals surface area contributed by atoms with Crippen molar-refractivity contribution in [2.75, 3.05) is 6.54 Å². The van der Waals surface area contributed by atoms with Crippen LogP contribution in [0.15, 0.2) is 24.4 Å². The lowest BCUT2D eigenvalue weighted by Gasteiger charge is -2.24. The summed E-state index contributed by atoms with van der Waals surface area (Å²) in [5.41, 5.74) is 3.14. The standard InChI is InChI=1S/C19H22N2O3/c1-11-4-2-6-14-13(9-20-17(11)14)8-16(22)21-10-12-5-3-7-15(12)18(21)19(23)24/h2,4,6,9,12,15,18,20H,3,5,7-8,10H2,1H3,(H,23,24). The van der Waals surface area contributed by atoms with Gasteiger partial charge in [-0.3, -0.25) is 4.79 Å². The van der Waals surface area contributed by atoms with Gasteiger partial charge in [-0.15, -0.1) is 0 Å². The smallest absolute Gasteiger partial charge is 0.326 e. The zero-order valence-electron chi connectivity index (χ0n) is 13.8. The molecule has 4 rings (SSSR count). The highest BCUT2D eigenvalue weighted by Gasteiger charge is 2.49. The molecule has 1 aromatic heterocycles. The van der Waals surface area contributed by atoms with Gasteiger partial charge >= 0.3 is 5.97 Å². The van der Waals surface area contributed by atoms with Gasteiger partial charge in [0, 0.05) is 23.6 Å². The topological polar surface area (TPSA) is 73.4 Å². The molecule has 0 radical (unpaired) electrons. The van der Waals surface area contributed by atoms with E-state index < -0.39 is 12.0 Å². The molecule has 5 nitrogen and oxygen atoms in total. The number of aromatic amines is 1. The number of H-pyrrole nitrogens is 1. The number of nitrogens with one attached hydrogen (secondary N) is 1. The summed E-state index contributed by atoms with van der Waals surface area (Å²) in [7, 11) is 0. The molecule has 3 atom stereocenters. The number of carbonyl (C=O) groups excluding carboxylic acids is 1. The molecule has 1 aliphatic carbocycles. The Kier molecular flexibility index (Phi) is 3.59. The SMILES string of the molecule is Cc1cccc2c(CC(=O)N3CC4CCCC4C3C(=O)O)c[nH]c12. The average molecular weight is 326 g/mol. The number of nitrogens with zero attached hydrogens (tertiary/aromatic N) is 1. The zero-order valence-corrected chi connectivity index (χ0v) is 13.8. The monoisotopic (exact) mass is 326 g/mol. The molecule has 1 saturated heterocycles. The van der Waals surface area contributed by atoms with Crippen LogP contribution in [0.5, 0.6) is 0 Å². The van der Waals surface area contributed by atoms with Crippen molar-refractivity contribution in [3.8, 4) is 0 Å². The van der Waals surface area contributed by atoms with E-state index in [1.807, 2.05) is 31.3 Å². The van der Waals surface area contributed by atoms with Gasteiger partial charge in [0.1, 0.15) is 6.04 Å². The number of amides is 1. The van der Waals surface area contributed by atoms with Crippen LogP contribution in [-0.4, -0.2) is 39.5 Å². The Labute approximate surface area is 140 Å². The van der Waals surface area contributed by atoms with Crippen molar-refractivity contribution >= 4 is 22.8 Å². The second kappa shape index (κ2) is 5.65. The summed E-state index contributed by atoms with van der Waals surface area (Å²) < 4.78 is 0. The van der Waals surface area contributed by atoms with Crippen molar-refractivity contribution in [3.63, 3.8) is 0 Å². The lowest BCUT2D eigenvalue weighted by molar-refractivity contribution is -0.149. The number of hydrogen-bond acceptors (Lipinski definition) is 2. The molecule has 2 N–H and O–H groups in total. The number of rotatable bonds is 3. The third kappa shape index (κ3) is 2.30. The molecule has 0 spiro atoms. The van der Waals surface area contributed by atoms with Crippen molar-refractivity contribution in [3.05, 3.63) is 35.5 Å². The fraction of sp³-hybridized carbons (Fsp3) is 0.474. The second-order valence-corrected chi connectivity index (χ2v) is 7.17. The second-order valence-electron chi connectivity index (χ2n) is 7.17. The van der Waals surface area contributed by atoms with E-state index in [1.165, 1.54) is 0 Å². The highest BCUT2D eigenvalue weighted by Crippen LogP contribution is 2.42. The van der Waals surface area contributed by atoms with Gasteiger partial charge in [0.25, 0.3) is 0 Å². The highest BCUT2D eigenvalue weighted by molar-refractivity contribution is 5.92. The largest absolute Gasteiger partial charge is 0.480 e. The molecule has 1 aromatic carbocycles. The normalized spacial score (nSPS) is 26.0. The van der Waals surface area contributed by atoms with Gasteiger partial charge in [0.15, 0.2) is 0 Å². The number of aromatic nitrogens is 1. The van der Waals surface area contributed by atoms with Crippen LogP contribution in [0.1, 0.15) is 30.4 Å². The Hall–Kier alpha value is -2.30. The van der Waals surface area contributed by atoms with Gasteiger partial charge in [-0.05, 0) is 42.7 Å². The third-order valence-corrected chi connectivity index (χ3v) is 5.81. The van der Waals surface area contributed by atoms with Crippen LogP contribution in [0.3, 0.4) is 0 Å². The number of aliphatic carboxylic acids is 1. The van der Waals surface area contributed by atoms with Crippen molar-refractivity contribution in [1.29, 1.82) is 0 Å². The minimum atomic E-state index is -0.854. The number of likely N-dealkylation sites (tertiary alicyclic amines) is 1. The van der Waals surface area contributed by atoms with Gasteiger partial charge in [0.05, 0.1) is 6.42 Å². The first-order chi connectivity index (χ1) is 11.6. The quantitative estimate of drug-likeness (QED) is 0.911. The fourth-order valence-electron chi connectivity index (χ4n) is 4.65. The first-order valence-corrected chi connectivity index (χ1v) is 8.64. The summed E-state index contributed by atoms with van der Waals surface area (Å²) in [5, 5.41) is 10.7. The summed E-state index contributed by atoms with van der Waals surface area (Å²) >= 11 is 0. The molecule has 3 unspecified atom stereocenters. The molecule has 2 aromatic rings. The van der Waals surface area contributed by atoms with E-state index in [-0.39, 0.29) is 18.2 Å². The van der Waals surface area contributed by atoms with Gasteiger partial charge in [-0.25, -0.2) is 4.79 Å². The van der Waals surface area contributed by atoms with Crippen LogP contribution in [0.2, 0.25) is 0 Å². The first-order valence-electron chi connectivity index (χ1n) is 8.64. The van der Waals surface area contributed by atoms with E-state index >= 15 is 0 Å². The predicted molar refractivity (Wildman–Crippen MR) is 90.7 cm³/mol. The maximum Gasteiger partial charge on any atom is 0.326 e. The molecular formula is C19H22N2O3. The van der Waals surface area contributed by atoms with Crippen molar-refractivity contribution in [1.82, 2.24) is 9.88 Å². The Balaban J connectivity index is 1.59. The van der Waals surface area contributed by atoms with Crippen LogP contribution in [0.4, 0.5) is 0 Å². The number of para-hydroxylation sites is 1. The van der Waals surface area contributed by atoms with Gasteiger partial charge in [0.2, 0.25) is 5.91 Å². The Bertz CT molecular complexity index is 810. The van der Waals surface area contributed by atoms with Gasteiger partial charge in [-0.1, -0.05) is 24.6 Å². The predicted octanol–water partition coefficient (Wildman–Crippen LogP) is 2.73. The Morgan fingerprint density at radius 2 is 2.17 bits per heavy atom. The van der Waals surface area contributed by atoms with Gasteiger partial charge < -0.3 is 15.0 Å². The van der Waals surface area contributed by atoms with E-state index in [0.717, 1.165) is 41.3 Å². The molecule has 1 saturated carbocycles. The first kappa shape index (κ1) is 15.2. The van der Waals surface area contributed by atoms with Crippen LogP contribution < -0.4 is 0 Å². The molecule has 2 heterocycles. The van der Waals surface area contributed by atoms with Crippen molar-refractivity contribution < 1.29 is 14.7 Å². The summed E-state index contributed by atoms with van der Waals surface area (Å²) in [5.74, 6) is -0.427. The van der Waals surface area contributed by atoms with E-state index in [4.69, 9.17) is 0 Å². The molecule has 24 heavy (non-hydrogen) atoms. The fourth-order valence-corrected chi connectivity index (χ4v) is 4.65. The lowest BCUT2D eigenvalue weighted by Crippen LogP contribution is -2.43. The molecule has 2 aliphatic rings. The minimum absolute atomic E-state index is 0.0702. The molecule has 5 heteroatoms. The molecule has 1 aliphatic heterocycles. The number of carboxylic acids is 1. The Morgan fingerprint density at radius 3 is 2.96 bits per heavy atom. The number of hydrogen-bond donors (Lipinski definition) is 2. The van der Waals surface area contributed by atoms with Crippen molar-refractivity contribution in [2.45, 2.75) is 38.6 Å². The van der Waals surface area contributed by atoms with Crippen molar-refractivity contribution in [2.24, 2.45) is 11.8 Å². The highest BCUT2D eigenvalue weighted by atomic mass is 16.4. The summed E-state index contributed by atoms with van der Waals surface area (Å²) in [6, 6.07) is 5.39. The van der Waals surface area contributed by atoms with E-state index in [2.05, 4.69) is 4.98 Å². The number of carboxylic acid groups (broad SMARTS) is 1. The number of carbonyl (C=O) groups is 2. The third-order valence-electron chi connectivity index (χ3n) is 5.81. The molecule has 126 valence electrons. The molecule has 2 fully saturated rings. The maximum atomic E-state index is 12.8. The minimum Gasteiger partial charge on any atom is -0.480 e.